The number of rotatable bonds is 7. The Morgan fingerprint density at radius 3 is 2.52 bits per heavy atom. The number of halogens is 3. The Hall–Kier alpha value is -2.33. The van der Waals surface area contributed by atoms with E-state index >= 15 is 0 Å². The van der Waals surface area contributed by atoms with Crippen LogP contribution in [0.2, 0.25) is 0 Å². The minimum Gasteiger partial charge on any atom is -0.476 e. The summed E-state index contributed by atoms with van der Waals surface area (Å²) in [6, 6.07) is -0.601. The van der Waals surface area contributed by atoms with Crippen LogP contribution in [0.15, 0.2) is 6.20 Å². The average molecular weight is 309 g/mol. The van der Waals surface area contributed by atoms with Crippen molar-refractivity contribution in [2.75, 3.05) is 13.1 Å². The third kappa shape index (κ3) is 7.13. The van der Waals surface area contributed by atoms with Crippen molar-refractivity contribution in [3.05, 3.63) is 11.9 Å². The Labute approximate surface area is 117 Å². The first-order chi connectivity index (χ1) is 9.78. The van der Waals surface area contributed by atoms with Gasteiger partial charge in [0.2, 0.25) is 0 Å². The molecule has 11 heteroatoms. The Morgan fingerprint density at radius 2 is 1.95 bits per heavy atom. The molecule has 0 aliphatic carbocycles. The van der Waals surface area contributed by atoms with Crippen molar-refractivity contribution in [3.8, 4) is 0 Å². The van der Waals surface area contributed by atoms with Gasteiger partial charge in [-0.2, -0.15) is 13.2 Å². The Morgan fingerprint density at radius 1 is 1.29 bits per heavy atom. The second kappa shape index (κ2) is 7.45. The van der Waals surface area contributed by atoms with E-state index in [4.69, 9.17) is 5.11 Å². The van der Waals surface area contributed by atoms with Gasteiger partial charge in [-0.05, 0) is 6.42 Å². The number of carbonyl (C=O) groups excluding carboxylic acids is 1. The number of hydrogen-bond acceptors (Lipinski definition) is 4. The summed E-state index contributed by atoms with van der Waals surface area (Å²) in [6.45, 7) is 0.238. The highest BCUT2D eigenvalue weighted by Gasteiger charge is 2.25. The number of amides is 2. The molecule has 21 heavy (non-hydrogen) atoms. The highest BCUT2D eigenvalue weighted by molar-refractivity contribution is 5.84. The number of hydrogen-bond donors (Lipinski definition) is 3. The van der Waals surface area contributed by atoms with E-state index in [1.54, 1.807) is 0 Å². The molecule has 1 aromatic rings. The summed E-state index contributed by atoms with van der Waals surface area (Å²) in [5, 5.41) is 20.2. The van der Waals surface area contributed by atoms with Crippen LogP contribution in [0.25, 0.3) is 0 Å². The summed E-state index contributed by atoms with van der Waals surface area (Å²) in [5.41, 5.74) is -0.216. The quantitative estimate of drug-likeness (QED) is 0.640. The molecule has 0 unspecified atom stereocenters. The zero-order valence-electron chi connectivity index (χ0n) is 10.9. The maximum Gasteiger partial charge on any atom is 0.389 e. The summed E-state index contributed by atoms with van der Waals surface area (Å²) < 4.78 is 36.8. The predicted octanol–water partition coefficient (Wildman–Crippen LogP) is 0.618. The summed E-state index contributed by atoms with van der Waals surface area (Å²) in [5.74, 6) is -1.21. The van der Waals surface area contributed by atoms with Crippen LogP contribution in [-0.2, 0) is 6.54 Å². The smallest absolute Gasteiger partial charge is 0.389 e. The second-order valence-corrected chi connectivity index (χ2v) is 4.07. The van der Waals surface area contributed by atoms with Gasteiger partial charge in [-0.1, -0.05) is 5.21 Å². The molecular weight excluding hydrogens is 295 g/mol. The van der Waals surface area contributed by atoms with E-state index in [9.17, 15) is 22.8 Å². The summed E-state index contributed by atoms with van der Waals surface area (Å²) in [7, 11) is 0. The van der Waals surface area contributed by atoms with Gasteiger partial charge in [0.1, 0.15) is 0 Å². The molecule has 0 spiro atoms. The van der Waals surface area contributed by atoms with Gasteiger partial charge < -0.3 is 15.7 Å². The van der Waals surface area contributed by atoms with Crippen LogP contribution in [0, 0.1) is 0 Å². The molecule has 0 aliphatic heterocycles. The molecule has 0 aliphatic rings. The number of carboxylic acids is 1. The number of nitrogens with one attached hydrogen (secondary N) is 2. The van der Waals surface area contributed by atoms with Gasteiger partial charge in [0.25, 0.3) is 0 Å². The number of aromatic nitrogens is 3. The van der Waals surface area contributed by atoms with Crippen LogP contribution in [0.1, 0.15) is 23.3 Å². The van der Waals surface area contributed by atoms with Crippen molar-refractivity contribution in [2.45, 2.75) is 25.6 Å². The minimum absolute atomic E-state index is 0.0855. The maximum absolute atomic E-state index is 11.8. The van der Waals surface area contributed by atoms with Crippen LogP contribution in [0.5, 0.6) is 0 Å². The monoisotopic (exact) mass is 309 g/mol. The van der Waals surface area contributed by atoms with Crippen molar-refractivity contribution in [2.24, 2.45) is 0 Å². The third-order valence-electron chi connectivity index (χ3n) is 2.31. The lowest BCUT2D eigenvalue weighted by molar-refractivity contribution is -0.135. The lowest BCUT2D eigenvalue weighted by atomic mass is 10.3. The van der Waals surface area contributed by atoms with Crippen molar-refractivity contribution in [1.82, 2.24) is 25.6 Å². The van der Waals surface area contributed by atoms with Gasteiger partial charge >= 0.3 is 18.2 Å². The maximum atomic E-state index is 11.8. The zero-order chi connectivity index (χ0) is 15.9. The van der Waals surface area contributed by atoms with E-state index < -0.39 is 24.6 Å². The first-order valence-electron chi connectivity index (χ1n) is 6.00. The van der Waals surface area contributed by atoms with Gasteiger partial charge in [-0.15, -0.1) is 5.10 Å². The largest absolute Gasteiger partial charge is 0.476 e. The molecule has 0 saturated carbocycles. The van der Waals surface area contributed by atoms with Crippen molar-refractivity contribution < 1.29 is 27.9 Å². The number of carbonyl (C=O) groups is 2. The molecule has 3 N–H and O–H groups in total. The highest BCUT2D eigenvalue weighted by Crippen LogP contribution is 2.20. The second-order valence-electron chi connectivity index (χ2n) is 4.07. The summed E-state index contributed by atoms with van der Waals surface area (Å²) in [6.07, 6.45) is -4.18. The molecule has 1 aromatic heterocycles. The molecule has 1 heterocycles. The van der Waals surface area contributed by atoms with E-state index in [1.165, 1.54) is 10.9 Å². The van der Waals surface area contributed by atoms with Crippen LogP contribution in [-0.4, -0.2) is 51.4 Å². The number of nitrogens with zero attached hydrogens (tertiary/aromatic N) is 3. The number of carboxylic acid groups (broad SMARTS) is 1. The highest BCUT2D eigenvalue weighted by atomic mass is 19.4. The van der Waals surface area contributed by atoms with E-state index in [2.05, 4.69) is 20.9 Å². The number of alkyl halides is 3. The molecule has 1 rings (SSSR count). The van der Waals surface area contributed by atoms with Gasteiger partial charge in [-0.3, -0.25) is 0 Å². The van der Waals surface area contributed by atoms with E-state index in [0.717, 1.165) is 0 Å². The first-order valence-corrected chi connectivity index (χ1v) is 6.00. The zero-order valence-corrected chi connectivity index (χ0v) is 10.9. The van der Waals surface area contributed by atoms with Gasteiger partial charge in [0, 0.05) is 19.5 Å². The Kier molecular flexibility index (Phi) is 5.93. The molecule has 0 saturated heterocycles. The minimum atomic E-state index is -4.23. The third-order valence-corrected chi connectivity index (χ3v) is 2.31. The van der Waals surface area contributed by atoms with Gasteiger partial charge in [-0.25, -0.2) is 14.3 Å². The van der Waals surface area contributed by atoms with E-state index in [0.29, 0.717) is 0 Å². The Balaban J connectivity index is 2.14. The fraction of sp³-hybridized carbons (Fsp3) is 0.600. The molecule has 0 atom stereocenters. The molecular formula is C10H14F3N5O3. The lowest BCUT2D eigenvalue weighted by Crippen LogP contribution is -2.38. The Bertz CT molecular complexity index is 489. The van der Waals surface area contributed by atoms with Crippen molar-refractivity contribution in [3.63, 3.8) is 0 Å². The molecule has 0 fully saturated rings. The molecule has 0 bridgehead atoms. The topological polar surface area (TPSA) is 109 Å². The van der Waals surface area contributed by atoms with Crippen LogP contribution in [0.4, 0.5) is 18.0 Å². The van der Waals surface area contributed by atoms with Crippen LogP contribution < -0.4 is 10.6 Å². The van der Waals surface area contributed by atoms with Crippen molar-refractivity contribution in [1.29, 1.82) is 0 Å². The van der Waals surface area contributed by atoms with Crippen molar-refractivity contribution >= 4 is 12.0 Å². The molecule has 2 amide bonds. The summed E-state index contributed by atoms with van der Waals surface area (Å²) >= 11 is 0. The normalized spacial score (nSPS) is 11.2. The van der Waals surface area contributed by atoms with Crippen LogP contribution in [0.3, 0.4) is 0 Å². The van der Waals surface area contributed by atoms with Gasteiger partial charge in [0.15, 0.2) is 5.69 Å². The molecule has 8 nitrogen and oxygen atoms in total. The molecule has 118 valence electrons. The standard InChI is InChI=1S/C10H14F3N5O3/c11-10(12,13)2-1-3-14-9(21)15-4-5-18-6-7(8(19)20)16-17-18/h6H,1-5H2,(H,19,20)(H2,14,15,21). The molecule has 0 aromatic carbocycles. The lowest BCUT2D eigenvalue weighted by Gasteiger charge is -2.08. The fourth-order valence-corrected chi connectivity index (χ4v) is 1.34. The number of aromatic carboxylic acids is 1. The van der Waals surface area contributed by atoms with E-state index in [1.807, 2.05) is 0 Å². The molecule has 0 radical (unpaired) electrons. The van der Waals surface area contributed by atoms with Crippen LogP contribution >= 0.6 is 0 Å². The fourth-order valence-electron chi connectivity index (χ4n) is 1.34. The van der Waals surface area contributed by atoms with Gasteiger partial charge in [0.05, 0.1) is 12.7 Å². The first kappa shape index (κ1) is 16.7. The SMILES string of the molecule is O=C(NCCCC(F)(F)F)NCCn1cc(C(=O)O)nn1. The summed E-state index contributed by atoms with van der Waals surface area (Å²) in [4.78, 5) is 21.8. The number of urea groups is 1. The van der Waals surface area contributed by atoms with E-state index in [-0.39, 0.29) is 31.7 Å². The average Bonchev–Trinajstić information content (AvgIpc) is 2.82. The predicted molar refractivity (Wildman–Crippen MR) is 63.7 cm³/mol.